The summed E-state index contributed by atoms with van der Waals surface area (Å²) >= 11 is 0. The Morgan fingerprint density at radius 3 is 2.59 bits per heavy atom. The standard InChI is InChI=1S/C18H17NO3/c1-12-7-14(11-20)8-16-17(12)10-19(18(16)21)9-13-3-5-15(22-2)6-4-13/h3-8,11H,9-10H2,1-2H3. The average Bonchev–Trinajstić information content (AvgIpc) is 2.85. The van der Waals surface area contributed by atoms with Gasteiger partial charge >= 0.3 is 0 Å². The van der Waals surface area contributed by atoms with Crippen LogP contribution in [0.1, 0.15) is 37.4 Å². The van der Waals surface area contributed by atoms with Crippen molar-refractivity contribution in [1.29, 1.82) is 0 Å². The highest BCUT2D eigenvalue weighted by Gasteiger charge is 2.29. The summed E-state index contributed by atoms with van der Waals surface area (Å²) < 4.78 is 5.14. The van der Waals surface area contributed by atoms with Crippen molar-refractivity contribution in [2.24, 2.45) is 0 Å². The monoisotopic (exact) mass is 295 g/mol. The maximum Gasteiger partial charge on any atom is 0.254 e. The summed E-state index contributed by atoms with van der Waals surface area (Å²) in [6, 6.07) is 11.2. The molecular formula is C18H17NO3. The molecule has 0 spiro atoms. The number of aldehydes is 1. The third-order valence-corrected chi connectivity index (χ3v) is 4.03. The van der Waals surface area contributed by atoms with E-state index < -0.39 is 0 Å². The van der Waals surface area contributed by atoms with Crippen LogP contribution in [0.5, 0.6) is 5.75 Å². The molecule has 0 unspecified atom stereocenters. The fourth-order valence-corrected chi connectivity index (χ4v) is 2.83. The number of aryl methyl sites for hydroxylation is 1. The van der Waals surface area contributed by atoms with Gasteiger partial charge in [-0.05, 0) is 47.9 Å². The first-order chi connectivity index (χ1) is 10.6. The number of benzene rings is 2. The number of nitrogens with zero attached hydrogens (tertiary/aromatic N) is 1. The van der Waals surface area contributed by atoms with Crippen LogP contribution in [0.15, 0.2) is 36.4 Å². The first-order valence-corrected chi connectivity index (χ1v) is 7.13. The first-order valence-electron chi connectivity index (χ1n) is 7.13. The Morgan fingerprint density at radius 1 is 1.23 bits per heavy atom. The molecule has 1 aliphatic rings. The molecule has 0 N–H and O–H groups in total. The molecule has 1 amide bonds. The first kappa shape index (κ1) is 14.3. The van der Waals surface area contributed by atoms with Gasteiger partial charge in [0.05, 0.1) is 7.11 Å². The highest BCUT2D eigenvalue weighted by Crippen LogP contribution is 2.28. The molecule has 4 heteroatoms. The van der Waals surface area contributed by atoms with Crippen molar-refractivity contribution in [3.63, 3.8) is 0 Å². The summed E-state index contributed by atoms with van der Waals surface area (Å²) in [5.74, 6) is 0.781. The van der Waals surface area contributed by atoms with Crippen molar-refractivity contribution in [3.05, 3.63) is 64.2 Å². The molecule has 0 aromatic heterocycles. The number of methoxy groups -OCH3 is 1. The van der Waals surface area contributed by atoms with Gasteiger partial charge in [0.25, 0.3) is 5.91 Å². The Hall–Kier alpha value is -2.62. The van der Waals surface area contributed by atoms with Crippen LogP contribution in [0.3, 0.4) is 0 Å². The smallest absolute Gasteiger partial charge is 0.254 e. The minimum atomic E-state index is -0.0161. The van der Waals surface area contributed by atoms with Gasteiger partial charge in [-0.3, -0.25) is 9.59 Å². The summed E-state index contributed by atoms with van der Waals surface area (Å²) in [6.07, 6.45) is 0.784. The van der Waals surface area contributed by atoms with Crippen LogP contribution in [0.4, 0.5) is 0 Å². The van der Waals surface area contributed by atoms with Crippen molar-refractivity contribution in [2.75, 3.05) is 7.11 Å². The number of carbonyl (C=O) groups excluding carboxylic acids is 2. The Labute approximate surface area is 129 Å². The predicted molar refractivity (Wildman–Crippen MR) is 83.1 cm³/mol. The second kappa shape index (κ2) is 5.64. The molecule has 0 aliphatic carbocycles. The lowest BCUT2D eigenvalue weighted by Crippen LogP contribution is -2.23. The highest BCUT2D eigenvalue weighted by molar-refractivity contribution is 6.00. The third-order valence-electron chi connectivity index (χ3n) is 4.03. The summed E-state index contributed by atoms with van der Waals surface area (Å²) in [7, 11) is 1.63. The van der Waals surface area contributed by atoms with E-state index in [-0.39, 0.29) is 5.91 Å². The van der Waals surface area contributed by atoms with E-state index in [0.29, 0.717) is 24.2 Å². The van der Waals surface area contributed by atoms with Crippen molar-refractivity contribution in [1.82, 2.24) is 4.90 Å². The van der Waals surface area contributed by atoms with Gasteiger partial charge in [-0.25, -0.2) is 0 Å². The van der Waals surface area contributed by atoms with Crippen LogP contribution in [-0.4, -0.2) is 24.2 Å². The second-order valence-corrected chi connectivity index (χ2v) is 5.49. The van der Waals surface area contributed by atoms with Gasteiger partial charge in [-0.15, -0.1) is 0 Å². The van der Waals surface area contributed by atoms with Gasteiger partial charge in [0.2, 0.25) is 0 Å². The highest BCUT2D eigenvalue weighted by atomic mass is 16.5. The molecule has 0 bridgehead atoms. The molecule has 22 heavy (non-hydrogen) atoms. The third kappa shape index (κ3) is 2.48. The second-order valence-electron chi connectivity index (χ2n) is 5.49. The van der Waals surface area contributed by atoms with Crippen molar-refractivity contribution < 1.29 is 14.3 Å². The molecule has 3 rings (SSSR count). The number of carbonyl (C=O) groups is 2. The number of hydrogen-bond donors (Lipinski definition) is 0. The van der Waals surface area contributed by atoms with Crippen molar-refractivity contribution >= 4 is 12.2 Å². The van der Waals surface area contributed by atoms with Crippen molar-refractivity contribution in [3.8, 4) is 5.75 Å². The van der Waals surface area contributed by atoms with Crippen LogP contribution < -0.4 is 4.74 Å². The topological polar surface area (TPSA) is 46.6 Å². The molecule has 0 saturated carbocycles. The molecule has 112 valence electrons. The van der Waals surface area contributed by atoms with Gasteiger partial charge in [-0.2, -0.15) is 0 Å². The van der Waals surface area contributed by atoms with Crippen LogP contribution in [-0.2, 0) is 13.1 Å². The minimum absolute atomic E-state index is 0.0161. The lowest BCUT2D eigenvalue weighted by Gasteiger charge is -2.16. The van der Waals surface area contributed by atoms with E-state index in [9.17, 15) is 9.59 Å². The molecule has 0 radical (unpaired) electrons. The minimum Gasteiger partial charge on any atom is -0.497 e. The molecule has 1 aliphatic heterocycles. The Balaban J connectivity index is 1.84. The lowest BCUT2D eigenvalue weighted by molar-refractivity contribution is 0.0766. The predicted octanol–water partition coefficient (Wildman–Crippen LogP) is 2.97. The SMILES string of the molecule is COc1ccc(CN2Cc3c(C)cc(C=O)cc3C2=O)cc1. The molecule has 2 aromatic carbocycles. The number of hydrogen-bond acceptors (Lipinski definition) is 3. The van der Waals surface area contributed by atoms with Crippen LogP contribution in [0.25, 0.3) is 0 Å². The average molecular weight is 295 g/mol. The van der Waals surface area contributed by atoms with E-state index in [1.807, 2.05) is 37.3 Å². The molecule has 2 aromatic rings. The fraction of sp³-hybridized carbons (Fsp3) is 0.222. The summed E-state index contributed by atoms with van der Waals surface area (Å²) in [4.78, 5) is 25.3. The Bertz CT molecular complexity index is 735. The van der Waals surface area contributed by atoms with Gasteiger partial charge in [0, 0.05) is 24.2 Å². The van der Waals surface area contributed by atoms with Crippen molar-refractivity contribution in [2.45, 2.75) is 20.0 Å². The maximum atomic E-state index is 12.5. The van der Waals surface area contributed by atoms with Gasteiger partial charge in [0.1, 0.15) is 12.0 Å². The van der Waals surface area contributed by atoms with Crippen LogP contribution in [0.2, 0.25) is 0 Å². The fourth-order valence-electron chi connectivity index (χ4n) is 2.83. The molecule has 0 saturated heterocycles. The zero-order valence-electron chi connectivity index (χ0n) is 12.6. The summed E-state index contributed by atoms with van der Waals surface area (Å²) in [5, 5.41) is 0. The van der Waals surface area contributed by atoms with E-state index in [0.717, 1.165) is 28.7 Å². The zero-order chi connectivity index (χ0) is 15.7. The van der Waals surface area contributed by atoms with Gasteiger partial charge in [0.15, 0.2) is 0 Å². The number of ether oxygens (including phenoxy) is 1. The van der Waals surface area contributed by atoms with Crippen LogP contribution in [0, 0.1) is 6.92 Å². The molecular weight excluding hydrogens is 278 g/mol. The molecule has 0 fully saturated rings. The zero-order valence-corrected chi connectivity index (χ0v) is 12.6. The Morgan fingerprint density at radius 2 is 1.95 bits per heavy atom. The van der Waals surface area contributed by atoms with Gasteiger partial charge < -0.3 is 9.64 Å². The number of fused-ring (bicyclic) bond motifs is 1. The van der Waals surface area contributed by atoms with E-state index >= 15 is 0 Å². The maximum absolute atomic E-state index is 12.5. The summed E-state index contributed by atoms with van der Waals surface area (Å²) in [5.41, 5.74) is 4.26. The lowest BCUT2D eigenvalue weighted by atomic mass is 10.0. The Kier molecular flexibility index (Phi) is 3.67. The molecule has 1 heterocycles. The van der Waals surface area contributed by atoms with E-state index in [1.165, 1.54) is 0 Å². The number of amides is 1. The molecule has 0 atom stereocenters. The van der Waals surface area contributed by atoms with Gasteiger partial charge in [-0.1, -0.05) is 12.1 Å². The van der Waals surface area contributed by atoms with E-state index in [2.05, 4.69) is 0 Å². The number of rotatable bonds is 4. The normalized spacial score (nSPS) is 13.2. The molecule has 4 nitrogen and oxygen atoms in total. The van der Waals surface area contributed by atoms with E-state index in [1.54, 1.807) is 18.1 Å². The quantitative estimate of drug-likeness (QED) is 0.815. The van der Waals surface area contributed by atoms with E-state index in [4.69, 9.17) is 4.74 Å². The summed E-state index contributed by atoms with van der Waals surface area (Å²) in [6.45, 7) is 3.08. The van der Waals surface area contributed by atoms with Crippen LogP contribution >= 0.6 is 0 Å². The largest absolute Gasteiger partial charge is 0.497 e.